The first-order valence-electron chi connectivity index (χ1n) is 7.92. The van der Waals surface area contributed by atoms with Crippen LogP contribution in [0.25, 0.3) is 0 Å². The molecule has 1 aromatic rings. The molecule has 0 N–H and O–H groups in total. The Morgan fingerprint density at radius 2 is 1.45 bits per heavy atom. The summed E-state index contributed by atoms with van der Waals surface area (Å²) >= 11 is 0. The molecule has 0 saturated carbocycles. The Bertz CT molecular complexity index is 497. The van der Waals surface area contributed by atoms with E-state index in [-0.39, 0.29) is 35.3 Å². The smallest absolute Gasteiger partial charge is 0.748 e. The van der Waals surface area contributed by atoms with Crippen molar-refractivity contribution in [2.75, 3.05) is 5.75 Å². The van der Waals surface area contributed by atoms with E-state index in [2.05, 4.69) is 26.0 Å². The van der Waals surface area contributed by atoms with E-state index in [4.69, 9.17) is 0 Å². The molecule has 0 aliphatic rings. The van der Waals surface area contributed by atoms with E-state index < -0.39 is 18.2 Å². The van der Waals surface area contributed by atoms with Crippen LogP contribution in [0.5, 0.6) is 0 Å². The van der Waals surface area contributed by atoms with Gasteiger partial charge >= 0.3 is 29.6 Å². The third-order valence-corrected chi connectivity index (χ3v) is 10.7. The normalized spacial score (nSPS) is 12.0. The van der Waals surface area contributed by atoms with E-state index >= 15 is 0 Å². The van der Waals surface area contributed by atoms with Gasteiger partial charge in [0.2, 0.25) is 0 Å². The van der Waals surface area contributed by atoms with Gasteiger partial charge in [-0.2, -0.15) is 0 Å². The molecule has 0 spiro atoms. The van der Waals surface area contributed by atoms with Crippen molar-refractivity contribution in [2.24, 2.45) is 0 Å². The molecule has 0 aliphatic carbocycles. The van der Waals surface area contributed by atoms with E-state index in [1.165, 1.54) is 5.19 Å². The standard InChI is InChI=1S/C16H28O3SSi.Na/c1-3-5-13-21(14-6-4-2,15-12-20(17,18)19)16-10-8-7-9-11-16;/h7-11H,3-6,12-15H2,1-2H3,(H,17,18,19);/q;+1/p-1. The van der Waals surface area contributed by atoms with Crippen molar-refractivity contribution in [1.82, 2.24) is 0 Å². The Morgan fingerprint density at radius 1 is 0.955 bits per heavy atom. The summed E-state index contributed by atoms with van der Waals surface area (Å²) in [5.41, 5.74) is 0. The molecule has 22 heavy (non-hydrogen) atoms. The van der Waals surface area contributed by atoms with Gasteiger partial charge in [-0.3, -0.25) is 0 Å². The number of hydrogen-bond donors (Lipinski definition) is 0. The Balaban J connectivity index is 0.00000441. The van der Waals surface area contributed by atoms with Gasteiger partial charge in [0.25, 0.3) is 0 Å². The summed E-state index contributed by atoms with van der Waals surface area (Å²) in [5.74, 6) is -0.207. The summed E-state index contributed by atoms with van der Waals surface area (Å²) in [7, 11) is -6.03. The van der Waals surface area contributed by atoms with E-state index in [9.17, 15) is 13.0 Å². The molecule has 0 amide bonds. The SMILES string of the molecule is CCCC[Si](CCCC)(CCS(=O)(=O)[O-])c1ccccc1.[Na+]. The van der Waals surface area contributed by atoms with Gasteiger partial charge in [0.05, 0.1) is 18.2 Å². The first-order valence-corrected chi connectivity index (χ1v) is 12.1. The predicted molar refractivity (Wildman–Crippen MR) is 90.6 cm³/mol. The number of benzene rings is 1. The van der Waals surface area contributed by atoms with Crippen LogP contribution in [-0.4, -0.2) is 26.8 Å². The summed E-state index contributed by atoms with van der Waals surface area (Å²) in [4.78, 5) is 0. The second-order valence-corrected chi connectivity index (χ2v) is 12.0. The molecule has 6 heteroatoms. The summed E-state index contributed by atoms with van der Waals surface area (Å²) in [6.45, 7) is 4.32. The zero-order valence-corrected chi connectivity index (χ0v) is 18.0. The monoisotopic (exact) mass is 350 g/mol. The molecule has 0 radical (unpaired) electrons. The average Bonchev–Trinajstić information content (AvgIpc) is 2.47. The van der Waals surface area contributed by atoms with Gasteiger partial charge in [0.1, 0.15) is 0 Å². The largest absolute Gasteiger partial charge is 1.00 e. The van der Waals surface area contributed by atoms with Crippen molar-refractivity contribution in [3.05, 3.63) is 30.3 Å². The average molecular weight is 351 g/mol. The van der Waals surface area contributed by atoms with Gasteiger partial charge in [-0.25, -0.2) is 8.42 Å². The number of rotatable bonds is 10. The zero-order chi connectivity index (χ0) is 15.8. The topological polar surface area (TPSA) is 57.2 Å². The second-order valence-electron chi connectivity index (χ2n) is 5.87. The van der Waals surface area contributed by atoms with E-state index in [0.29, 0.717) is 6.04 Å². The van der Waals surface area contributed by atoms with Gasteiger partial charge < -0.3 is 4.55 Å². The Morgan fingerprint density at radius 3 is 1.86 bits per heavy atom. The maximum Gasteiger partial charge on any atom is 1.00 e. The molecule has 120 valence electrons. The van der Waals surface area contributed by atoms with Crippen LogP contribution in [0, 0.1) is 0 Å². The molecule has 0 aliphatic heterocycles. The van der Waals surface area contributed by atoms with Crippen molar-refractivity contribution >= 4 is 23.4 Å². The van der Waals surface area contributed by atoms with Crippen LogP contribution in [-0.2, 0) is 10.1 Å². The van der Waals surface area contributed by atoms with Crippen LogP contribution >= 0.6 is 0 Å². The summed E-state index contributed by atoms with van der Waals surface area (Å²) in [6.07, 6.45) is 4.45. The Hall–Kier alpha value is 0.347. The fourth-order valence-corrected chi connectivity index (χ4v) is 10.1. The van der Waals surface area contributed by atoms with E-state index in [0.717, 1.165) is 37.8 Å². The van der Waals surface area contributed by atoms with Crippen molar-refractivity contribution in [3.8, 4) is 0 Å². The number of unbranched alkanes of at least 4 members (excludes halogenated alkanes) is 2. The fraction of sp³-hybridized carbons (Fsp3) is 0.625. The molecule has 0 unspecified atom stereocenters. The molecule has 0 aromatic heterocycles. The molecule has 0 atom stereocenters. The Labute approximate surface area is 159 Å². The minimum absolute atomic E-state index is 0. The molecular weight excluding hydrogens is 323 g/mol. The minimum atomic E-state index is -4.13. The third kappa shape index (κ3) is 7.75. The van der Waals surface area contributed by atoms with E-state index in [1.54, 1.807) is 0 Å². The van der Waals surface area contributed by atoms with E-state index in [1.807, 2.05) is 18.2 Å². The molecule has 1 aromatic carbocycles. The number of hydrogen-bond acceptors (Lipinski definition) is 3. The maximum atomic E-state index is 11.1. The quantitative estimate of drug-likeness (QED) is 0.456. The first-order chi connectivity index (χ1) is 9.93. The third-order valence-electron chi connectivity index (χ3n) is 4.23. The van der Waals surface area contributed by atoms with Crippen LogP contribution < -0.4 is 34.7 Å². The summed E-state index contributed by atoms with van der Waals surface area (Å²) in [6, 6.07) is 13.1. The van der Waals surface area contributed by atoms with Crippen LogP contribution in [0.2, 0.25) is 18.1 Å². The van der Waals surface area contributed by atoms with Crippen molar-refractivity contribution in [1.29, 1.82) is 0 Å². The van der Waals surface area contributed by atoms with Crippen molar-refractivity contribution in [3.63, 3.8) is 0 Å². The summed E-state index contributed by atoms with van der Waals surface area (Å²) in [5, 5.41) is 1.32. The van der Waals surface area contributed by atoms with Crippen LogP contribution in [0.15, 0.2) is 30.3 Å². The van der Waals surface area contributed by atoms with Gasteiger partial charge in [0, 0.05) is 5.75 Å². The maximum absolute atomic E-state index is 11.1. The molecule has 3 nitrogen and oxygen atoms in total. The second kappa shape index (κ2) is 11.0. The molecule has 0 heterocycles. The van der Waals surface area contributed by atoms with Crippen molar-refractivity contribution < 1.29 is 42.5 Å². The van der Waals surface area contributed by atoms with Crippen LogP contribution in [0.3, 0.4) is 0 Å². The fourth-order valence-electron chi connectivity index (χ4n) is 2.95. The van der Waals surface area contributed by atoms with Gasteiger partial charge in [-0.1, -0.05) is 87.1 Å². The van der Waals surface area contributed by atoms with Gasteiger partial charge in [0.15, 0.2) is 0 Å². The minimum Gasteiger partial charge on any atom is -0.748 e. The first kappa shape index (κ1) is 22.3. The van der Waals surface area contributed by atoms with Crippen LogP contribution in [0.1, 0.15) is 39.5 Å². The van der Waals surface area contributed by atoms with Gasteiger partial charge in [-0.05, 0) is 6.04 Å². The molecule has 0 fully saturated rings. The Kier molecular flexibility index (Phi) is 11.2. The molecule has 1 rings (SSSR count). The molecule has 0 saturated heterocycles. The summed E-state index contributed by atoms with van der Waals surface area (Å²) < 4.78 is 33.4. The molecule has 0 bridgehead atoms. The predicted octanol–water partition coefficient (Wildman–Crippen LogP) is 0.492. The zero-order valence-electron chi connectivity index (χ0n) is 14.2. The molecular formula is C16H27NaO3SSi. The van der Waals surface area contributed by atoms with Gasteiger partial charge in [-0.15, -0.1) is 0 Å². The van der Waals surface area contributed by atoms with Crippen LogP contribution in [0.4, 0.5) is 0 Å². The van der Waals surface area contributed by atoms with Crippen molar-refractivity contribution in [2.45, 2.75) is 57.7 Å².